The van der Waals surface area contributed by atoms with Crippen LogP contribution < -0.4 is 28.4 Å². The van der Waals surface area contributed by atoms with Crippen molar-refractivity contribution in [2.45, 2.75) is 18.8 Å². The molecule has 0 heterocycles. The zero-order valence-corrected chi connectivity index (χ0v) is 19.6. The van der Waals surface area contributed by atoms with E-state index < -0.39 is 0 Å². The molecule has 0 bridgehead atoms. The van der Waals surface area contributed by atoms with Crippen molar-refractivity contribution in [1.82, 2.24) is 0 Å². The van der Waals surface area contributed by atoms with E-state index in [-0.39, 0.29) is 11.8 Å². The van der Waals surface area contributed by atoms with Crippen LogP contribution in [0.5, 0.6) is 34.5 Å². The second-order valence-corrected chi connectivity index (χ2v) is 7.45. The van der Waals surface area contributed by atoms with Crippen LogP contribution in [0, 0.1) is 5.92 Å². The molecule has 2 aromatic rings. The van der Waals surface area contributed by atoms with Crippen molar-refractivity contribution >= 4 is 6.08 Å². The van der Waals surface area contributed by atoms with Crippen LogP contribution in [0.25, 0.3) is 6.08 Å². The van der Waals surface area contributed by atoms with Crippen molar-refractivity contribution in [2.75, 3.05) is 42.7 Å². The summed E-state index contributed by atoms with van der Waals surface area (Å²) in [6, 6.07) is 7.66. The first-order chi connectivity index (χ1) is 15.6. The Morgan fingerprint density at radius 1 is 0.656 bits per heavy atom. The van der Waals surface area contributed by atoms with E-state index in [4.69, 9.17) is 28.4 Å². The number of methoxy groups -OCH3 is 6. The molecule has 1 aliphatic carbocycles. The molecule has 32 heavy (non-hydrogen) atoms. The summed E-state index contributed by atoms with van der Waals surface area (Å²) in [5.74, 6) is 4.55. The number of hydrogen-bond donors (Lipinski definition) is 0. The second kappa shape index (κ2) is 10.8. The van der Waals surface area contributed by atoms with E-state index in [0.29, 0.717) is 23.0 Å². The zero-order chi connectivity index (χ0) is 23.1. The molecule has 1 aliphatic rings. The number of hydrogen-bond acceptors (Lipinski definition) is 6. The van der Waals surface area contributed by atoms with Crippen LogP contribution in [-0.2, 0) is 0 Å². The Hall–Kier alpha value is -3.28. The fraction of sp³-hybridized carbons (Fsp3) is 0.385. The van der Waals surface area contributed by atoms with Gasteiger partial charge in [-0.3, -0.25) is 0 Å². The highest BCUT2D eigenvalue weighted by Crippen LogP contribution is 2.44. The summed E-state index contributed by atoms with van der Waals surface area (Å²) in [4.78, 5) is 0. The largest absolute Gasteiger partial charge is 0.496 e. The van der Waals surface area contributed by atoms with Gasteiger partial charge in [0.1, 0.15) is 11.5 Å². The molecule has 0 aliphatic heterocycles. The van der Waals surface area contributed by atoms with E-state index in [1.807, 2.05) is 24.3 Å². The van der Waals surface area contributed by atoms with Gasteiger partial charge in [-0.1, -0.05) is 24.3 Å². The zero-order valence-electron chi connectivity index (χ0n) is 19.6. The van der Waals surface area contributed by atoms with Crippen molar-refractivity contribution < 1.29 is 28.4 Å². The number of rotatable bonds is 9. The standard InChI is InChI=1S/C26H32O6/c1-27-21-15-25(31-5)23(29-3)13-18(21)12-11-17-9-7-8-10-19(17)20-14-24(30-4)26(32-6)16-22(20)28-2/h8,10-17,19H,7,9H2,1-6H3/t17-,19-/m1/s1. The molecule has 0 amide bonds. The predicted octanol–water partition coefficient (Wildman–Crippen LogP) is 5.50. The van der Waals surface area contributed by atoms with E-state index in [9.17, 15) is 0 Å². The van der Waals surface area contributed by atoms with Gasteiger partial charge in [0.05, 0.1) is 42.7 Å². The van der Waals surface area contributed by atoms with Crippen molar-refractivity contribution in [3.63, 3.8) is 0 Å². The fourth-order valence-electron chi connectivity index (χ4n) is 4.13. The molecule has 0 fully saturated rings. The average Bonchev–Trinajstić information content (AvgIpc) is 2.86. The van der Waals surface area contributed by atoms with Crippen LogP contribution in [0.15, 0.2) is 42.5 Å². The Bertz CT molecular complexity index is 979. The quantitative estimate of drug-likeness (QED) is 0.480. The summed E-state index contributed by atoms with van der Waals surface area (Å²) in [5.41, 5.74) is 1.99. The lowest BCUT2D eigenvalue weighted by Crippen LogP contribution is -2.13. The van der Waals surface area contributed by atoms with Crippen LogP contribution in [0.3, 0.4) is 0 Å². The minimum absolute atomic E-state index is 0.140. The molecule has 0 aromatic heterocycles. The van der Waals surface area contributed by atoms with Gasteiger partial charge >= 0.3 is 0 Å². The molecule has 3 rings (SSSR count). The van der Waals surface area contributed by atoms with E-state index in [1.165, 1.54) is 0 Å². The van der Waals surface area contributed by atoms with Gasteiger partial charge in [-0.15, -0.1) is 0 Å². The Balaban J connectivity index is 1.99. The van der Waals surface area contributed by atoms with Crippen LogP contribution in [0.2, 0.25) is 0 Å². The number of benzene rings is 2. The maximum absolute atomic E-state index is 5.70. The minimum Gasteiger partial charge on any atom is -0.496 e. The van der Waals surface area contributed by atoms with Gasteiger partial charge in [0.25, 0.3) is 0 Å². The minimum atomic E-state index is 0.140. The first-order valence-electron chi connectivity index (χ1n) is 10.5. The summed E-state index contributed by atoms with van der Waals surface area (Å²) in [6.07, 6.45) is 10.8. The molecule has 172 valence electrons. The van der Waals surface area contributed by atoms with E-state index in [1.54, 1.807) is 42.7 Å². The second-order valence-electron chi connectivity index (χ2n) is 7.45. The number of ether oxygens (including phenoxy) is 6. The maximum Gasteiger partial charge on any atom is 0.164 e. The average molecular weight is 441 g/mol. The monoisotopic (exact) mass is 440 g/mol. The van der Waals surface area contributed by atoms with Crippen LogP contribution in [-0.4, -0.2) is 42.7 Å². The van der Waals surface area contributed by atoms with Gasteiger partial charge in [0, 0.05) is 29.2 Å². The Morgan fingerprint density at radius 3 is 1.78 bits per heavy atom. The van der Waals surface area contributed by atoms with Crippen LogP contribution in [0.1, 0.15) is 29.9 Å². The van der Waals surface area contributed by atoms with E-state index >= 15 is 0 Å². The molecule has 0 radical (unpaired) electrons. The number of allylic oxidation sites excluding steroid dienone is 3. The summed E-state index contributed by atoms with van der Waals surface area (Å²) >= 11 is 0. The third kappa shape index (κ3) is 4.79. The van der Waals surface area contributed by atoms with Crippen molar-refractivity contribution in [3.05, 3.63) is 53.6 Å². The Labute approximate surface area is 190 Å². The first-order valence-corrected chi connectivity index (χ1v) is 10.5. The molecular formula is C26H32O6. The molecule has 0 saturated heterocycles. The van der Waals surface area contributed by atoms with Gasteiger partial charge in [-0.25, -0.2) is 0 Å². The Kier molecular flexibility index (Phi) is 7.92. The Morgan fingerprint density at radius 2 is 1.19 bits per heavy atom. The molecule has 2 atom stereocenters. The van der Waals surface area contributed by atoms with Gasteiger partial charge in [0.15, 0.2) is 23.0 Å². The molecule has 0 N–H and O–H groups in total. The maximum atomic E-state index is 5.70. The van der Waals surface area contributed by atoms with E-state index in [0.717, 1.165) is 35.5 Å². The van der Waals surface area contributed by atoms with Crippen molar-refractivity contribution in [1.29, 1.82) is 0 Å². The van der Waals surface area contributed by atoms with E-state index in [2.05, 4.69) is 24.3 Å². The first kappa shape index (κ1) is 23.4. The predicted molar refractivity (Wildman–Crippen MR) is 126 cm³/mol. The van der Waals surface area contributed by atoms with Gasteiger partial charge in [-0.2, -0.15) is 0 Å². The molecule has 0 unspecified atom stereocenters. The fourth-order valence-corrected chi connectivity index (χ4v) is 4.13. The highest BCUT2D eigenvalue weighted by molar-refractivity contribution is 5.64. The summed E-state index contributed by atoms with van der Waals surface area (Å²) < 4.78 is 33.1. The van der Waals surface area contributed by atoms with Gasteiger partial charge in [-0.05, 0) is 30.9 Å². The van der Waals surface area contributed by atoms with Gasteiger partial charge < -0.3 is 28.4 Å². The van der Waals surface area contributed by atoms with Gasteiger partial charge in [0.2, 0.25) is 0 Å². The molecule has 2 aromatic carbocycles. The summed E-state index contributed by atoms with van der Waals surface area (Å²) in [5, 5.41) is 0. The molecule has 6 heteroatoms. The summed E-state index contributed by atoms with van der Waals surface area (Å²) in [6.45, 7) is 0. The summed E-state index contributed by atoms with van der Waals surface area (Å²) in [7, 11) is 9.84. The molecular weight excluding hydrogens is 408 g/mol. The lowest BCUT2D eigenvalue weighted by Gasteiger charge is -2.28. The van der Waals surface area contributed by atoms with Crippen molar-refractivity contribution in [3.8, 4) is 34.5 Å². The smallest absolute Gasteiger partial charge is 0.164 e. The molecule has 0 saturated carbocycles. The van der Waals surface area contributed by atoms with Crippen molar-refractivity contribution in [2.24, 2.45) is 5.92 Å². The molecule has 0 spiro atoms. The molecule has 6 nitrogen and oxygen atoms in total. The highest BCUT2D eigenvalue weighted by atomic mass is 16.5. The highest BCUT2D eigenvalue weighted by Gasteiger charge is 2.26. The third-order valence-corrected chi connectivity index (χ3v) is 5.83. The van der Waals surface area contributed by atoms with Crippen LogP contribution in [0.4, 0.5) is 0 Å². The third-order valence-electron chi connectivity index (χ3n) is 5.83. The topological polar surface area (TPSA) is 55.4 Å². The lowest BCUT2D eigenvalue weighted by atomic mass is 9.78. The lowest BCUT2D eigenvalue weighted by molar-refractivity contribution is 0.345. The SMILES string of the molecule is COc1cc(OC)c(OC)cc1C=C[C@H]1CCC=C[C@H]1c1cc(OC)c(OC)cc1OC. The van der Waals surface area contributed by atoms with Crippen LogP contribution >= 0.6 is 0 Å². The normalized spacial score (nSPS) is 17.8.